The molecule has 1 aromatic rings. The lowest BCUT2D eigenvalue weighted by Crippen LogP contribution is -2.24. The van der Waals surface area contributed by atoms with E-state index < -0.39 is 0 Å². The van der Waals surface area contributed by atoms with Crippen LogP contribution in [0.25, 0.3) is 0 Å². The lowest BCUT2D eigenvalue weighted by Gasteiger charge is -2.17. The Hall–Kier alpha value is -1.20. The Bertz CT molecular complexity index is 351. The molecule has 1 fully saturated rings. The SMILES string of the molecule is CNCc1ccc(N(C)CCOCC2CC2)nn1. The molecule has 0 bridgehead atoms. The van der Waals surface area contributed by atoms with E-state index in [4.69, 9.17) is 4.74 Å². The first-order valence-corrected chi connectivity index (χ1v) is 6.55. The molecule has 5 nitrogen and oxygen atoms in total. The second kappa shape index (κ2) is 6.66. The van der Waals surface area contributed by atoms with Crippen molar-refractivity contribution in [1.29, 1.82) is 0 Å². The van der Waals surface area contributed by atoms with Gasteiger partial charge in [0.1, 0.15) is 0 Å². The molecule has 1 N–H and O–H groups in total. The van der Waals surface area contributed by atoms with E-state index in [0.29, 0.717) is 0 Å². The highest BCUT2D eigenvalue weighted by molar-refractivity contribution is 5.35. The molecule has 1 aromatic heterocycles. The van der Waals surface area contributed by atoms with Crippen molar-refractivity contribution in [2.75, 3.05) is 38.8 Å². The molecule has 0 amide bonds. The van der Waals surface area contributed by atoms with Gasteiger partial charge in [-0.05, 0) is 37.9 Å². The number of aromatic nitrogens is 2. The van der Waals surface area contributed by atoms with Crippen molar-refractivity contribution in [2.24, 2.45) is 5.92 Å². The maximum absolute atomic E-state index is 5.61. The van der Waals surface area contributed by atoms with E-state index in [2.05, 4.69) is 20.4 Å². The van der Waals surface area contributed by atoms with Crippen LogP contribution in [0.2, 0.25) is 0 Å². The summed E-state index contributed by atoms with van der Waals surface area (Å²) in [6, 6.07) is 4.00. The van der Waals surface area contributed by atoms with Crippen LogP contribution in [0.1, 0.15) is 18.5 Å². The van der Waals surface area contributed by atoms with Gasteiger partial charge in [-0.2, -0.15) is 5.10 Å². The molecule has 18 heavy (non-hydrogen) atoms. The summed E-state index contributed by atoms with van der Waals surface area (Å²) in [5.74, 6) is 1.72. The van der Waals surface area contributed by atoms with Gasteiger partial charge >= 0.3 is 0 Å². The van der Waals surface area contributed by atoms with E-state index in [0.717, 1.165) is 43.7 Å². The minimum atomic E-state index is 0.751. The predicted molar refractivity (Wildman–Crippen MR) is 71.6 cm³/mol. The number of nitrogens with zero attached hydrogens (tertiary/aromatic N) is 3. The van der Waals surface area contributed by atoms with Crippen LogP contribution in [0, 0.1) is 5.92 Å². The highest BCUT2D eigenvalue weighted by Crippen LogP contribution is 2.28. The summed E-state index contributed by atoms with van der Waals surface area (Å²) in [6.45, 7) is 3.28. The molecule has 1 aliphatic rings. The molecule has 100 valence electrons. The third-order valence-electron chi connectivity index (χ3n) is 3.08. The number of ether oxygens (including phenoxy) is 1. The molecular weight excluding hydrogens is 228 g/mol. The highest BCUT2D eigenvalue weighted by atomic mass is 16.5. The quantitative estimate of drug-likeness (QED) is 0.699. The standard InChI is InChI=1S/C13H22N4O/c1-14-9-12-5-6-13(16-15-12)17(2)7-8-18-10-11-3-4-11/h5-6,11,14H,3-4,7-10H2,1-2H3. The molecule has 0 unspecified atom stereocenters. The first-order chi connectivity index (χ1) is 8.79. The summed E-state index contributed by atoms with van der Waals surface area (Å²) >= 11 is 0. The Morgan fingerprint density at radius 2 is 2.22 bits per heavy atom. The van der Waals surface area contributed by atoms with Crippen LogP contribution in [-0.4, -0.2) is 44.1 Å². The number of anilines is 1. The van der Waals surface area contributed by atoms with E-state index in [1.165, 1.54) is 12.8 Å². The summed E-state index contributed by atoms with van der Waals surface area (Å²) < 4.78 is 5.61. The average Bonchev–Trinajstić information content (AvgIpc) is 3.20. The molecular formula is C13H22N4O. The van der Waals surface area contributed by atoms with Crippen LogP contribution >= 0.6 is 0 Å². The predicted octanol–water partition coefficient (Wildman–Crippen LogP) is 1.06. The fraction of sp³-hybridized carbons (Fsp3) is 0.692. The van der Waals surface area contributed by atoms with E-state index in [9.17, 15) is 0 Å². The summed E-state index contributed by atoms with van der Waals surface area (Å²) in [7, 11) is 3.92. The Balaban J connectivity index is 1.70. The van der Waals surface area contributed by atoms with Crippen LogP contribution in [0.5, 0.6) is 0 Å². The van der Waals surface area contributed by atoms with E-state index in [1.807, 2.05) is 26.2 Å². The smallest absolute Gasteiger partial charge is 0.151 e. The van der Waals surface area contributed by atoms with Gasteiger partial charge in [0, 0.05) is 26.7 Å². The molecule has 0 aromatic carbocycles. The molecule has 1 saturated carbocycles. The first kappa shape index (κ1) is 13.2. The number of nitrogens with one attached hydrogen (secondary N) is 1. The van der Waals surface area contributed by atoms with Gasteiger partial charge in [-0.1, -0.05) is 0 Å². The van der Waals surface area contributed by atoms with Crippen LogP contribution in [0.4, 0.5) is 5.82 Å². The van der Waals surface area contributed by atoms with Gasteiger partial charge in [-0.15, -0.1) is 5.10 Å². The maximum Gasteiger partial charge on any atom is 0.151 e. The monoisotopic (exact) mass is 250 g/mol. The minimum Gasteiger partial charge on any atom is -0.379 e. The fourth-order valence-corrected chi connectivity index (χ4v) is 1.68. The second-order valence-corrected chi connectivity index (χ2v) is 4.85. The molecule has 2 rings (SSSR count). The molecule has 0 spiro atoms. The third-order valence-corrected chi connectivity index (χ3v) is 3.08. The van der Waals surface area contributed by atoms with Crippen molar-refractivity contribution >= 4 is 5.82 Å². The fourth-order valence-electron chi connectivity index (χ4n) is 1.68. The van der Waals surface area contributed by atoms with Crippen LogP contribution in [-0.2, 0) is 11.3 Å². The zero-order valence-electron chi connectivity index (χ0n) is 11.2. The Labute approximate surface area is 109 Å². The zero-order chi connectivity index (χ0) is 12.8. The van der Waals surface area contributed by atoms with E-state index in [1.54, 1.807) is 0 Å². The van der Waals surface area contributed by atoms with Gasteiger partial charge < -0.3 is 15.0 Å². The van der Waals surface area contributed by atoms with Gasteiger partial charge in [0.2, 0.25) is 0 Å². The first-order valence-electron chi connectivity index (χ1n) is 6.55. The maximum atomic E-state index is 5.61. The summed E-state index contributed by atoms with van der Waals surface area (Å²) in [5, 5.41) is 11.4. The molecule has 0 aliphatic heterocycles. The van der Waals surface area contributed by atoms with Gasteiger partial charge in [0.05, 0.1) is 12.3 Å². The topological polar surface area (TPSA) is 50.3 Å². The Kier molecular flexibility index (Phi) is 4.90. The van der Waals surface area contributed by atoms with Crippen molar-refractivity contribution in [3.8, 4) is 0 Å². The van der Waals surface area contributed by atoms with Crippen LogP contribution in [0.15, 0.2) is 12.1 Å². The Morgan fingerprint density at radius 3 is 2.83 bits per heavy atom. The summed E-state index contributed by atoms with van der Waals surface area (Å²) in [5.41, 5.74) is 0.958. The summed E-state index contributed by atoms with van der Waals surface area (Å²) in [6.07, 6.45) is 2.68. The van der Waals surface area contributed by atoms with Crippen molar-refractivity contribution in [3.05, 3.63) is 17.8 Å². The third kappa shape index (κ3) is 4.23. The second-order valence-electron chi connectivity index (χ2n) is 4.85. The van der Waals surface area contributed by atoms with Crippen LogP contribution in [0.3, 0.4) is 0 Å². The summed E-state index contributed by atoms with van der Waals surface area (Å²) in [4.78, 5) is 2.07. The number of likely N-dealkylation sites (N-methyl/N-ethyl adjacent to an activating group) is 1. The van der Waals surface area contributed by atoms with Gasteiger partial charge in [0.15, 0.2) is 5.82 Å². The molecule has 5 heteroatoms. The molecule has 0 saturated heterocycles. The number of hydrogen-bond donors (Lipinski definition) is 1. The largest absolute Gasteiger partial charge is 0.379 e. The lowest BCUT2D eigenvalue weighted by atomic mass is 10.3. The number of hydrogen-bond acceptors (Lipinski definition) is 5. The van der Waals surface area contributed by atoms with E-state index in [-0.39, 0.29) is 0 Å². The Morgan fingerprint density at radius 1 is 1.39 bits per heavy atom. The van der Waals surface area contributed by atoms with Gasteiger partial charge in [-0.3, -0.25) is 0 Å². The lowest BCUT2D eigenvalue weighted by molar-refractivity contribution is 0.130. The minimum absolute atomic E-state index is 0.751. The normalized spacial score (nSPS) is 14.8. The van der Waals surface area contributed by atoms with Crippen molar-refractivity contribution in [3.63, 3.8) is 0 Å². The van der Waals surface area contributed by atoms with Crippen molar-refractivity contribution < 1.29 is 4.74 Å². The molecule has 1 heterocycles. The highest BCUT2D eigenvalue weighted by Gasteiger charge is 2.20. The zero-order valence-corrected chi connectivity index (χ0v) is 11.2. The molecule has 1 aliphatic carbocycles. The van der Waals surface area contributed by atoms with E-state index >= 15 is 0 Å². The van der Waals surface area contributed by atoms with Gasteiger partial charge in [-0.25, -0.2) is 0 Å². The average molecular weight is 250 g/mol. The van der Waals surface area contributed by atoms with Crippen molar-refractivity contribution in [1.82, 2.24) is 15.5 Å². The molecule has 0 atom stereocenters. The van der Waals surface area contributed by atoms with Gasteiger partial charge in [0.25, 0.3) is 0 Å². The van der Waals surface area contributed by atoms with Crippen molar-refractivity contribution in [2.45, 2.75) is 19.4 Å². The molecule has 0 radical (unpaired) electrons. The van der Waals surface area contributed by atoms with Crippen LogP contribution < -0.4 is 10.2 Å². The number of rotatable bonds is 8.